The Bertz CT molecular complexity index is 640. The summed E-state index contributed by atoms with van der Waals surface area (Å²) in [7, 11) is -3.46. The summed E-state index contributed by atoms with van der Waals surface area (Å²) in [4.78, 5) is 1.71. The molecule has 0 aliphatic heterocycles. The van der Waals surface area contributed by atoms with Gasteiger partial charge in [-0.1, -0.05) is 18.2 Å². The third-order valence-electron chi connectivity index (χ3n) is 2.31. The maximum atomic E-state index is 12.2. The topological polar surface area (TPSA) is 34.1 Å². The molecule has 2 nitrogen and oxygen atoms in total. The van der Waals surface area contributed by atoms with Crippen LogP contribution in [0.25, 0.3) is 0 Å². The minimum absolute atomic E-state index is 0. The van der Waals surface area contributed by atoms with E-state index in [0.29, 0.717) is 9.79 Å². The van der Waals surface area contributed by atoms with E-state index in [1.165, 1.54) is 12.1 Å². The summed E-state index contributed by atoms with van der Waals surface area (Å²) < 4.78 is 24.5. The van der Waals surface area contributed by atoms with Crippen molar-refractivity contribution in [3.05, 3.63) is 48.5 Å². The molecule has 0 aromatic heterocycles. The Kier molecular flexibility index (Phi) is 5.37. The standard InChI is InChI=1S/C12H10O2S3.Cu/c13-17(14,9-4-2-1-3-5-9)10-6-7-11(15)12(16)8-10;/h1-8,15-16H;. The summed E-state index contributed by atoms with van der Waals surface area (Å²) in [5.74, 6) is 0. The van der Waals surface area contributed by atoms with Crippen molar-refractivity contribution in [3.63, 3.8) is 0 Å². The van der Waals surface area contributed by atoms with Crippen molar-refractivity contribution in [2.45, 2.75) is 19.6 Å². The zero-order valence-electron chi connectivity index (χ0n) is 9.04. The van der Waals surface area contributed by atoms with Crippen LogP contribution in [0.2, 0.25) is 0 Å². The maximum Gasteiger partial charge on any atom is 0.206 e. The van der Waals surface area contributed by atoms with Crippen LogP contribution >= 0.6 is 25.3 Å². The van der Waals surface area contributed by atoms with Gasteiger partial charge in [0.05, 0.1) is 9.79 Å². The Morgan fingerprint density at radius 3 is 1.94 bits per heavy atom. The fourth-order valence-corrected chi connectivity index (χ4v) is 3.15. The molecule has 0 saturated carbocycles. The number of hydrogen-bond acceptors (Lipinski definition) is 4. The molecule has 0 atom stereocenters. The smallest absolute Gasteiger partial charge is 0.206 e. The minimum atomic E-state index is -3.46. The molecule has 0 heterocycles. The van der Waals surface area contributed by atoms with E-state index in [1.54, 1.807) is 36.4 Å². The fraction of sp³-hybridized carbons (Fsp3) is 0. The summed E-state index contributed by atoms with van der Waals surface area (Å²) in [6, 6.07) is 13.0. The maximum absolute atomic E-state index is 12.2. The summed E-state index contributed by atoms with van der Waals surface area (Å²) in [5, 5.41) is 0. The molecule has 0 saturated heterocycles. The number of benzene rings is 2. The van der Waals surface area contributed by atoms with Gasteiger partial charge in [0.15, 0.2) is 0 Å². The first-order valence-electron chi connectivity index (χ1n) is 4.84. The van der Waals surface area contributed by atoms with Gasteiger partial charge in [-0.15, -0.1) is 25.3 Å². The van der Waals surface area contributed by atoms with Gasteiger partial charge in [0.1, 0.15) is 0 Å². The monoisotopic (exact) mass is 345 g/mol. The zero-order valence-corrected chi connectivity index (χ0v) is 12.6. The van der Waals surface area contributed by atoms with Crippen molar-refractivity contribution in [1.82, 2.24) is 0 Å². The van der Waals surface area contributed by atoms with E-state index in [4.69, 9.17) is 0 Å². The molecule has 0 unspecified atom stereocenters. The third kappa shape index (κ3) is 3.13. The molecule has 0 aliphatic carbocycles. The molecule has 2 aromatic carbocycles. The van der Waals surface area contributed by atoms with Gasteiger partial charge in [-0.05, 0) is 30.3 Å². The number of thiol groups is 2. The molecule has 0 aliphatic rings. The second-order valence-electron chi connectivity index (χ2n) is 3.47. The van der Waals surface area contributed by atoms with E-state index in [2.05, 4.69) is 25.3 Å². The molecule has 0 fully saturated rings. The average Bonchev–Trinajstić information content (AvgIpc) is 2.33. The molecule has 2 aromatic rings. The van der Waals surface area contributed by atoms with Crippen molar-refractivity contribution in [1.29, 1.82) is 0 Å². The Balaban J connectivity index is 0.00000162. The van der Waals surface area contributed by atoms with Crippen LogP contribution in [0.15, 0.2) is 68.1 Å². The molecular weight excluding hydrogens is 336 g/mol. The van der Waals surface area contributed by atoms with Crippen LogP contribution in [0.5, 0.6) is 0 Å². The van der Waals surface area contributed by atoms with Crippen molar-refractivity contribution >= 4 is 35.1 Å². The van der Waals surface area contributed by atoms with E-state index in [1.807, 2.05) is 0 Å². The van der Waals surface area contributed by atoms with E-state index in [0.717, 1.165) is 0 Å². The van der Waals surface area contributed by atoms with Crippen LogP contribution in [0, 0.1) is 0 Å². The minimum Gasteiger partial charge on any atom is -0.219 e. The first-order chi connectivity index (χ1) is 8.01. The van der Waals surface area contributed by atoms with Gasteiger partial charge in [-0.2, -0.15) is 0 Å². The largest absolute Gasteiger partial charge is 0.219 e. The van der Waals surface area contributed by atoms with Gasteiger partial charge in [0, 0.05) is 26.9 Å². The van der Waals surface area contributed by atoms with E-state index < -0.39 is 9.84 Å². The number of hydrogen-bond donors (Lipinski definition) is 2. The second kappa shape index (κ2) is 6.17. The van der Waals surface area contributed by atoms with Gasteiger partial charge in [-0.3, -0.25) is 0 Å². The molecule has 0 amide bonds. The Labute approximate surface area is 128 Å². The first kappa shape index (κ1) is 15.7. The Morgan fingerprint density at radius 2 is 1.39 bits per heavy atom. The molecular formula is C12H10CuO2S3. The quantitative estimate of drug-likeness (QED) is 0.648. The van der Waals surface area contributed by atoms with Crippen molar-refractivity contribution in [2.24, 2.45) is 0 Å². The SMILES string of the molecule is O=S(=O)(c1ccccc1)c1ccc(S)c(S)c1.[Cu]. The molecule has 2 rings (SSSR count). The summed E-state index contributed by atoms with van der Waals surface area (Å²) in [5.41, 5.74) is 0. The van der Waals surface area contributed by atoms with E-state index in [9.17, 15) is 8.42 Å². The van der Waals surface area contributed by atoms with Gasteiger partial charge >= 0.3 is 0 Å². The first-order valence-corrected chi connectivity index (χ1v) is 7.22. The molecule has 0 spiro atoms. The van der Waals surface area contributed by atoms with Crippen LogP contribution in [0.3, 0.4) is 0 Å². The average molecular weight is 346 g/mol. The Hall–Kier alpha value is -0.391. The van der Waals surface area contributed by atoms with Crippen LogP contribution in [0.4, 0.5) is 0 Å². The Morgan fingerprint density at radius 1 is 0.778 bits per heavy atom. The van der Waals surface area contributed by atoms with Gasteiger partial charge < -0.3 is 0 Å². The molecule has 1 radical (unpaired) electrons. The molecule has 18 heavy (non-hydrogen) atoms. The van der Waals surface area contributed by atoms with Gasteiger partial charge in [0.25, 0.3) is 0 Å². The summed E-state index contributed by atoms with van der Waals surface area (Å²) in [6.07, 6.45) is 0. The van der Waals surface area contributed by atoms with Crippen molar-refractivity contribution in [2.75, 3.05) is 0 Å². The summed E-state index contributed by atoms with van der Waals surface area (Å²) >= 11 is 8.33. The molecule has 6 heteroatoms. The van der Waals surface area contributed by atoms with Crippen LogP contribution < -0.4 is 0 Å². The van der Waals surface area contributed by atoms with Crippen molar-refractivity contribution < 1.29 is 25.5 Å². The third-order valence-corrected chi connectivity index (χ3v) is 5.01. The number of rotatable bonds is 2. The molecule has 0 bridgehead atoms. The summed E-state index contributed by atoms with van der Waals surface area (Å²) in [6.45, 7) is 0. The zero-order chi connectivity index (χ0) is 12.5. The van der Waals surface area contributed by atoms with Gasteiger partial charge in [-0.25, -0.2) is 8.42 Å². The van der Waals surface area contributed by atoms with E-state index in [-0.39, 0.29) is 26.9 Å². The number of sulfone groups is 1. The molecule has 99 valence electrons. The van der Waals surface area contributed by atoms with Crippen LogP contribution in [0.1, 0.15) is 0 Å². The second-order valence-corrected chi connectivity index (χ2v) is 6.38. The predicted molar refractivity (Wildman–Crippen MR) is 72.8 cm³/mol. The van der Waals surface area contributed by atoms with E-state index >= 15 is 0 Å². The van der Waals surface area contributed by atoms with Crippen LogP contribution in [-0.2, 0) is 26.9 Å². The molecule has 0 N–H and O–H groups in total. The van der Waals surface area contributed by atoms with Crippen LogP contribution in [-0.4, -0.2) is 8.42 Å². The normalized spacial score (nSPS) is 10.8. The fourth-order valence-electron chi connectivity index (χ4n) is 1.41. The van der Waals surface area contributed by atoms with Crippen molar-refractivity contribution in [3.8, 4) is 0 Å². The predicted octanol–water partition coefficient (Wildman–Crippen LogP) is 3.09. The van der Waals surface area contributed by atoms with Gasteiger partial charge in [0.2, 0.25) is 9.84 Å².